The van der Waals surface area contributed by atoms with Gasteiger partial charge in [0, 0.05) is 30.8 Å². The quantitative estimate of drug-likeness (QED) is 0.853. The fourth-order valence-electron chi connectivity index (χ4n) is 4.52. The Kier molecular flexibility index (Phi) is 4.50. The minimum Gasteiger partial charge on any atom is -0.379 e. The Morgan fingerprint density at radius 2 is 2.00 bits per heavy atom. The minimum atomic E-state index is -0.116. The van der Waals surface area contributed by atoms with Crippen LogP contribution in [0.1, 0.15) is 60.9 Å². The average molecular weight is 342 g/mol. The van der Waals surface area contributed by atoms with Crippen molar-refractivity contribution in [1.29, 1.82) is 0 Å². The van der Waals surface area contributed by atoms with Crippen LogP contribution in [-0.4, -0.2) is 42.0 Å². The Labute approximate surface area is 148 Å². The van der Waals surface area contributed by atoms with Gasteiger partial charge >= 0.3 is 0 Å². The van der Waals surface area contributed by atoms with Crippen molar-refractivity contribution in [2.45, 2.75) is 56.9 Å². The van der Waals surface area contributed by atoms with Gasteiger partial charge in [0.05, 0.1) is 12.1 Å². The molecular weight excluding hydrogens is 316 g/mol. The van der Waals surface area contributed by atoms with E-state index in [1.807, 2.05) is 18.2 Å². The van der Waals surface area contributed by atoms with Crippen LogP contribution in [0.15, 0.2) is 18.2 Å². The van der Waals surface area contributed by atoms with Crippen LogP contribution in [0.4, 0.5) is 5.69 Å². The third-order valence-corrected chi connectivity index (χ3v) is 5.87. The van der Waals surface area contributed by atoms with Crippen molar-refractivity contribution in [2.24, 2.45) is 0 Å². The fourth-order valence-corrected chi connectivity index (χ4v) is 4.52. The zero-order chi connectivity index (χ0) is 17.3. The molecule has 1 N–H and O–H groups in total. The molecule has 0 saturated carbocycles. The number of aryl methyl sites for hydroxylation is 1. The largest absolute Gasteiger partial charge is 0.379 e. The molecule has 3 aliphatic heterocycles. The number of hydrogen-bond donors (Lipinski definition) is 1. The molecule has 1 unspecified atom stereocenters. The summed E-state index contributed by atoms with van der Waals surface area (Å²) in [5.41, 5.74) is 2.55. The summed E-state index contributed by atoms with van der Waals surface area (Å²) >= 11 is 0. The lowest BCUT2D eigenvalue weighted by atomic mass is 9.81. The molecule has 1 atom stereocenters. The van der Waals surface area contributed by atoms with Gasteiger partial charge in [-0.1, -0.05) is 0 Å². The summed E-state index contributed by atoms with van der Waals surface area (Å²) in [5, 5.41) is 2.94. The van der Waals surface area contributed by atoms with Crippen LogP contribution in [0, 0.1) is 0 Å². The van der Waals surface area contributed by atoms with Crippen LogP contribution in [0.25, 0.3) is 0 Å². The predicted molar refractivity (Wildman–Crippen MR) is 95.7 cm³/mol. The van der Waals surface area contributed by atoms with Crippen LogP contribution in [-0.2, 0) is 16.0 Å². The molecule has 5 heteroatoms. The topological polar surface area (TPSA) is 58.6 Å². The highest BCUT2D eigenvalue weighted by Crippen LogP contribution is 2.36. The second kappa shape index (κ2) is 6.79. The Balaban J connectivity index is 1.61. The van der Waals surface area contributed by atoms with Gasteiger partial charge in [0.2, 0.25) is 5.91 Å². The number of nitrogens with zero attached hydrogens (tertiary/aromatic N) is 1. The van der Waals surface area contributed by atoms with E-state index in [2.05, 4.69) is 10.2 Å². The highest BCUT2D eigenvalue weighted by atomic mass is 16.5. The number of fused-ring (bicyclic) bond motifs is 1. The van der Waals surface area contributed by atoms with Gasteiger partial charge in [-0.15, -0.1) is 0 Å². The maximum atomic E-state index is 13.3. The van der Waals surface area contributed by atoms with Crippen molar-refractivity contribution >= 4 is 17.5 Å². The molecule has 2 fully saturated rings. The maximum Gasteiger partial charge on any atom is 0.254 e. The van der Waals surface area contributed by atoms with Gasteiger partial charge in [-0.3, -0.25) is 9.59 Å². The number of benzene rings is 1. The summed E-state index contributed by atoms with van der Waals surface area (Å²) in [6, 6.07) is 5.73. The van der Waals surface area contributed by atoms with Crippen molar-refractivity contribution < 1.29 is 14.3 Å². The molecule has 0 aromatic heterocycles. The van der Waals surface area contributed by atoms with Crippen LogP contribution in [0.3, 0.4) is 0 Å². The molecule has 134 valence electrons. The van der Waals surface area contributed by atoms with Gasteiger partial charge < -0.3 is 15.0 Å². The normalized spacial score (nSPS) is 26.7. The summed E-state index contributed by atoms with van der Waals surface area (Å²) in [7, 11) is 0. The summed E-state index contributed by atoms with van der Waals surface area (Å²) in [4.78, 5) is 27.1. The number of likely N-dealkylation sites (tertiary alicyclic amines) is 1. The molecule has 3 heterocycles. The summed E-state index contributed by atoms with van der Waals surface area (Å²) in [6.45, 7) is 2.29. The maximum absolute atomic E-state index is 13.3. The minimum absolute atomic E-state index is 0.0622. The van der Waals surface area contributed by atoms with Crippen LogP contribution in [0.5, 0.6) is 0 Å². The molecular formula is C20H26N2O3. The van der Waals surface area contributed by atoms with Gasteiger partial charge in [0.15, 0.2) is 0 Å². The van der Waals surface area contributed by atoms with Gasteiger partial charge in [-0.2, -0.15) is 0 Å². The van der Waals surface area contributed by atoms with E-state index in [1.165, 1.54) is 6.42 Å². The molecule has 2 amide bonds. The first-order chi connectivity index (χ1) is 12.2. The lowest BCUT2D eigenvalue weighted by Crippen LogP contribution is -2.58. The summed E-state index contributed by atoms with van der Waals surface area (Å²) < 4.78 is 5.76. The van der Waals surface area contributed by atoms with E-state index in [9.17, 15) is 9.59 Å². The van der Waals surface area contributed by atoms with Gasteiger partial charge in [0.1, 0.15) is 0 Å². The Morgan fingerprint density at radius 1 is 1.12 bits per heavy atom. The first-order valence-electron chi connectivity index (χ1n) is 9.50. The van der Waals surface area contributed by atoms with E-state index in [-0.39, 0.29) is 17.4 Å². The molecule has 25 heavy (non-hydrogen) atoms. The van der Waals surface area contributed by atoms with Crippen LogP contribution < -0.4 is 5.32 Å². The molecule has 2 saturated heterocycles. The first kappa shape index (κ1) is 16.6. The molecule has 3 aliphatic rings. The van der Waals surface area contributed by atoms with E-state index in [0.29, 0.717) is 13.0 Å². The summed E-state index contributed by atoms with van der Waals surface area (Å²) in [5.74, 6) is 0.177. The number of anilines is 1. The number of amides is 2. The third-order valence-electron chi connectivity index (χ3n) is 5.87. The smallest absolute Gasteiger partial charge is 0.254 e. The number of hydrogen-bond acceptors (Lipinski definition) is 3. The number of rotatable bonds is 1. The Hall–Kier alpha value is -1.88. The molecule has 1 aromatic carbocycles. The van der Waals surface area contributed by atoms with Gasteiger partial charge in [0.25, 0.3) is 5.91 Å². The SMILES string of the molecule is O=C1CCCc2cc(C(=O)N3CCCCC34CCCOC4)ccc2N1. The number of nitrogens with one attached hydrogen (secondary N) is 1. The van der Waals surface area contributed by atoms with Crippen molar-refractivity contribution in [1.82, 2.24) is 4.90 Å². The second-order valence-corrected chi connectivity index (χ2v) is 7.57. The van der Waals surface area contributed by atoms with E-state index >= 15 is 0 Å². The van der Waals surface area contributed by atoms with Crippen molar-refractivity contribution in [3.8, 4) is 0 Å². The van der Waals surface area contributed by atoms with Crippen molar-refractivity contribution in [2.75, 3.05) is 25.1 Å². The van der Waals surface area contributed by atoms with Crippen molar-refractivity contribution in [3.63, 3.8) is 0 Å². The van der Waals surface area contributed by atoms with E-state index in [1.54, 1.807) is 0 Å². The number of piperidine rings is 1. The predicted octanol–water partition coefficient (Wildman–Crippen LogP) is 3.14. The van der Waals surface area contributed by atoms with Crippen molar-refractivity contribution in [3.05, 3.63) is 29.3 Å². The average Bonchev–Trinajstić information content (AvgIpc) is 2.82. The van der Waals surface area contributed by atoms with E-state index < -0.39 is 0 Å². The lowest BCUT2D eigenvalue weighted by molar-refractivity contribution is -0.116. The Morgan fingerprint density at radius 3 is 2.84 bits per heavy atom. The molecule has 0 aliphatic carbocycles. The Bertz CT molecular complexity index is 671. The molecule has 0 bridgehead atoms. The van der Waals surface area contributed by atoms with E-state index in [0.717, 1.165) is 68.5 Å². The van der Waals surface area contributed by atoms with Gasteiger partial charge in [-0.25, -0.2) is 0 Å². The molecule has 0 radical (unpaired) electrons. The zero-order valence-corrected chi connectivity index (χ0v) is 14.7. The molecule has 4 rings (SSSR count). The zero-order valence-electron chi connectivity index (χ0n) is 14.7. The van der Waals surface area contributed by atoms with E-state index in [4.69, 9.17) is 4.74 Å². The molecule has 1 aromatic rings. The number of carbonyl (C=O) groups is 2. The fraction of sp³-hybridized carbons (Fsp3) is 0.600. The highest BCUT2D eigenvalue weighted by molar-refractivity contribution is 5.97. The monoisotopic (exact) mass is 342 g/mol. The van der Waals surface area contributed by atoms with Crippen LogP contribution in [0.2, 0.25) is 0 Å². The molecule has 5 nitrogen and oxygen atoms in total. The van der Waals surface area contributed by atoms with Gasteiger partial charge in [-0.05, 0) is 68.7 Å². The standard InChI is InChI=1S/C20H26N2O3/c23-18-6-3-5-15-13-16(7-8-17(15)21-18)19(24)22-11-2-1-9-20(22)10-4-12-25-14-20/h7-8,13H,1-6,9-12,14H2,(H,21,23). The highest BCUT2D eigenvalue weighted by Gasteiger charge is 2.43. The first-order valence-corrected chi connectivity index (χ1v) is 9.50. The van der Waals surface area contributed by atoms with Crippen LogP contribution >= 0.6 is 0 Å². The molecule has 1 spiro atoms. The number of ether oxygens (including phenoxy) is 1. The third kappa shape index (κ3) is 3.17. The second-order valence-electron chi connectivity index (χ2n) is 7.57. The summed E-state index contributed by atoms with van der Waals surface area (Å²) in [6.07, 6.45) is 7.56. The number of carbonyl (C=O) groups excluding carboxylic acids is 2. The lowest BCUT2D eigenvalue weighted by Gasteiger charge is -2.49.